The number of hydrogen-bond acceptors (Lipinski definition) is 6. The lowest BCUT2D eigenvalue weighted by atomic mass is 10.0. The molecule has 2 saturated heterocycles. The van der Waals surface area contributed by atoms with Gasteiger partial charge in [0, 0.05) is 70.2 Å². The van der Waals surface area contributed by atoms with E-state index in [9.17, 15) is 18.0 Å². The molecule has 0 aliphatic carbocycles. The molecular formula is C26H36F3N5O2. The number of amides is 1. The summed E-state index contributed by atoms with van der Waals surface area (Å²) in [5, 5.41) is 3.12. The summed E-state index contributed by atoms with van der Waals surface area (Å²) >= 11 is 0. The first kappa shape index (κ1) is 27.6. The van der Waals surface area contributed by atoms with E-state index in [1.165, 1.54) is 11.8 Å². The molecule has 2 aromatic rings. The molecule has 0 radical (unpaired) electrons. The van der Waals surface area contributed by atoms with Gasteiger partial charge >= 0.3 is 6.18 Å². The first-order valence-electron chi connectivity index (χ1n) is 12.0. The fraction of sp³-hybridized carbons (Fsp3) is 0.538. The number of methoxy groups -OCH3 is 1. The summed E-state index contributed by atoms with van der Waals surface area (Å²) in [6, 6.07) is 10.6. The molecule has 3 heterocycles. The number of nitrogens with one attached hydrogen (secondary N) is 1. The number of alkyl halides is 3. The number of rotatable bonds is 7. The highest BCUT2D eigenvalue weighted by Crippen LogP contribution is 2.30. The second kappa shape index (κ2) is 12.3. The van der Waals surface area contributed by atoms with Crippen molar-refractivity contribution in [2.45, 2.75) is 38.9 Å². The molecule has 36 heavy (non-hydrogen) atoms. The van der Waals surface area contributed by atoms with Crippen LogP contribution in [0.5, 0.6) is 5.75 Å². The Morgan fingerprint density at radius 2 is 1.67 bits per heavy atom. The number of anilines is 2. The molecule has 0 unspecified atom stereocenters. The molecule has 1 aromatic carbocycles. The summed E-state index contributed by atoms with van der Waals surface area (Å²) in [7, 11) is 1.66. The fourth-order valence-electron chi connectivity index (χ4n) is 4.58. The van der Waals surface area contributed by atoms with Gasteiger partial charge in [0.25, 0.3) is 0 Å². The van der Waals surface area contributed by atoms with Gasteiger partial charge in [-0.2, -0.15) is 13.2 Å². The molecule has 0 spiro atoms. The van der Waals surface area contributed by atoms with E-state index in [1.807, 2.05) is 17.0 Å². The van der Waals surface area contributed by atoms with Crippen LogP contribution in [0, 0.1) is 0 Å². The van der Waals surface area contributed by atoms with Crippen molar-refractivity contribution in [3.8, 4) is 5.75 Å². The number of ether oxygens (including phenoxy) is 1. The predicted molar refractivity (Wildman–Crippen MR) is 136 cm³/mol. The van der Waals surface area contributed by atoms with Crippen LogP contribution in [0.25, 0.3) is 0 Å². The summed E-state index contributed by atoms with van der Waals surface area (Å²) in [5.41, 5.74) is 0.437. The maximum atomic E-state index is 12.7. The molecule has 0 saturated carbocycles. The Hall–Kier alpha value is -3.01. The third-order valence-corrected chi connectivity index (χ3v) is 6.72. The van der Waals surface area contributed by atoms with Crippen LogP contribution in [0.3, 0.4) is 0 Å². The summed E-state index contributed by atoms with van der Waals surface area (Å²) in [6.45, 7) is 5.70. The van der Waals surface area contributed by atoms with Gasteiger partial charge in [-0.3, -0.25) is 9.69 Å². The van der Waals surface area contributed by atoms with Crippen molar-refractivity contribution in [2.24, 2.45) is 0 Å². The topological polar surface area (TPSA) is 60.9 Å². The van der Waals surface area contributed by atoms with Gasteiger partial charge in [0.05, 0.1) is 12.7 Å². The van der Waals surface area contributed by atoms with Crippen LogP contribution >= 0.6 is 0 Å². The highest BCUT2D eigenvalue weighted by Gasteiger charge is 2.31. The van der Waals surface area contributed by atoms with Gasteiger partial charge in [-0.15, -0.1) is 0 Å². The van der Waals surface area contributed by atoms with Crippen molar-refractivity contribution in [2.75, 3.05) is 62.7 Å². The summed E-state index contributed by atoms with van der Waals surface area (Å²) in [6.07, 6.45) is -1.56. The van der Waals surface area contributed by atoms with Crippen molar-refractivity contribution >= 4 is 17.4 Å². The lowest BCUT2D eigenvalue weighted by molar-refractivity contribution is -0.137. The number of carbonyl (C=O) groups excluding carboxylic acids is 1. The van der Waals surface area contributed by atoms with E-state index >= 15 is 0 Å². The average Bonchev–Trinajstić information content (AvgIpc) is 2.88. The summed E-state index contributed by atoms with van der Waals surface area (Å²) in [5.74, 6) is 1.44. The van der Waals surface area contributed by atoms with Gasteiger partial charge in [-0.1, -0.05) is 7.43 Å². The number of pyridine rings is 1. The maximum absolute atomic E-state index is 12.7. The van der Waals surface area contributed by atoms with Gasteiger partial charge in [0.2, 0.25) is 5.91 Å². The van der Waals surface area contributed by atoms with Crippen LogP contribution in [0.4, 0.5) is 24.7 Å². The minimum absolute atomic E-state index is 0. The molecule has 1 aromatic heterocycles. The Bertz CT molecular complexity index is 953. The largest absolute Gasteiger partial charge is 0.497 e. The van der Waals surface area contributed by atoms with Crippen LogP contribution in [-0.2, 0) is 11.0 Å². The average molecular weight is 508 g/mol. The molecule has 2 aliphatic heterocycles. The SMILES string of the molecule is C.COc1ccc(N2CCN(CCC(=O)NC3CCN(c4ccc(C(F)(F)F)cn4)CC3)CC2)cc1. The monoisotopic (exact) mass is 507 g/mol. The number of halogens is 3. The van der Waals surface area contributed by atoms with Crippen LogP contribution in [0.1, 0.15) is 32.3 Å². The Morgan fingerprint density at radius 3 is 2.22 bits per heavy atom. The lowest BCUT2D eigenvalue weighted by Gasteiger charge is -2.36. The third-order valence-electron chi connectivity index (χ3n) is 6.72. The van der Waals surface area contributed by atoms with Gasteiger partial charge in [-0.05, 0) is 49.2 Å². The van der Waals surface area contributed by atoms with Gasteiger partial charge < -0.3 is 19.9 Å². The Labute approximate surface area is 211 Å². The molecular weight excluding hydrogens is 471 g/mol. The zero-order chi connectivity index (χ0) is 24.8. The second-order valence-corrected chi connectivity index (χ2v) is 9.01. The normalized spacial score (nSPS) is 17.4. The second-order valence-electron chi connectivity index (χ2n) is 9.01. The van der Waals surface area contributed by atoms with Crippen molar-refractivity contribution in [1.82, 2.24) is 15.2 Å². The standard InChI is InChI=1S/C25H32F3N5O2.CH4/c1-35-22-5-3-21(4-6-22)32-16-14-31(15-17-32)11-10-24(34)30-20-8-12-33(13-9-20)23-7-2-19(18-29-23)25(26,27)28;/h2-7,18,20H,8-17H2,1H3,(H,30,34);1H4. The zero-order valence-electron chi connectivity index (χ0n) is 19.9. The lowest BCUT2D eigenvalue weighted by Crippen LogP contribution is -2.48. The molecule has 0 bridgehead atoms. The number of piperidine rings is 1. The quantitative estimate of drug-likeness (QED) is 0.611. The van der Waals surface area contributed by atoms with Crippen LogP contribution in [-0.4, -0.2) is 74.8 Å². The van der Waals surface area contributed by atoms with Crippen molar-refractivity contribution in [3.63, 3.8) is 0 Å². The number of benzene rings is 1. The minimum Gasteiger partial charge on any atom is -0.497 e. The molecule has 2 fully saturated rings. The van der Waals surface area contributed by atoms with Crippen molar-refractivity contribution in [1.29, 1.82) is 0 Å². The first-order chi connectivity index (χ1) is 16.8. The number of carbonyl (C=O) groups is 1. The number of hydrogen-bond donors (Lipinski definition) is 1. The Kier molecular flexibility index (Phi) is 9.42. The molecule has 2 aliphatic rings. The highest BCUT2D eigenvalue weighted by atomic mass is 19.4. The van der Waals surface area contributed by atoms with Crippen molar-refractivity contribution in [3.05, 3.63) is 48.2 Å². The van der Waals surface area contributed by atoms with Gasteiger partial charge in [0.1, 0.15) is 11.6 Å². The molecule has 198 valence electrons. The molecule has 1 N–H and O–H groups in total. The predicted octanol–water partition coefficient (Wildman–Crippen LogP) is 4.04. The van der Waals surface area contributed by atoms with E-state index in [0.717, 1.165) is 63.6 Å². The van der Waals surface area contributed by atoms with E-state index in [0.29, 0.717) is 25.3 Å². The Morgan fingerprint density at radius 1 is 1.00 bits per heavy atom. The van der Waals surface area contributed by atoms with E-state index in [1.54, 1.807) is 7.11 Å². The van der Waals surface area contributed by atoms with Gasteiger partial charge in [-0.25, -0.2) is 4.98 Å². The number of nitrogens with zero attached hydrogens (tertiary/aromatic N) is 4. The van der Waals surface area contributed by atoms with Crippen molar-refractivity contribution < 1.29 is 22.7 Å². The van der Waals surface area contributed by atoms with E-state index in [-0.39, 0.29) is 19.4 Å². The molecule has 4 rings (SSSR count). The van der Waals surface area contributed by atoms with Crippen LogP contribution < -0.4 is 19.9 Å². The number of piperazine rings is 1. The fourth-order valence-corrected chi connectivity index (χ4v) is 4.58. The summed E-state index contributed by atoms with van der Waals surface area (Å²) in [4.78, 5) is 23.1. The van der Waals surface area contributed by atoms with E-state index in [4.69, 9.17) is 4.74 Å². The van der Waals surface area contributed by atoms with Gasteiger partial charge in [0.15, 0.2) is 0 Å². The van der Waals surface area contributed by atoms with Crippen LogP contribution in [0.2, 0.25) is 0 Å². The first-order valence-corrected chi connectivity index (χ1v) is 12.0. The van der Waals surface area contributed by atoms with Crippen LogP contribution in [0.15, 0.2) is 42.6 Å². The maximum Gasteiger partial charge on any atom is 0.417 e. The molecule has 10 heteroatoms. The zero-order valence-corrected chi connectivity index (χ0v) is 19.9. The van der Waals surface area contributed by atoms with E-state index < -0.39 is 11.7 Å². The molecule has 7 nitrogen and oxygen atoms in total. The third kappa shape index (κ3) is 7.25. The minimum atomic E-state index is -4.38. The smallest absolute Gasteiger partial charge is 0.417 e. The Balaban J connectivity index is 0.00000361. The number of aromatic nitrogens is 1. The molecule has 0 atom stereocenters. The molecule has 1 amide bonds. The summed E-state index contributed by atoms with van der Waals surface area (Å²) < 4.78 is 43.4. The highest BCUT2D eigenvalue weighted by molar-refractivity contribution is 5.76. The van der Waals surface area contributed by atoms with E-state index in [2.05, 4.69) is 32.2 Å².